The highest BCUT2D eigenvalue weighted by Crippen LogP contribution is 2.48. The van der Waals surface area contributed by atoms with Crippen LogP contribution in [-0.2, 0) is 18.9 Å². The summed E-state index contributed by atoms with van der Waals surface area (Å²) in [5.74, 6) is -1.50. The van der Waals surface area contributed by atoms with E-state index < -0.39 is 53.4 Å². The van der Waals surface area contributed by atoms with Crippen LogP contribution in [0.25, 0.3) is 22.3 Å². The molecule has 1 aliphatic heterocycles. The fourth-order valence-electron chi connectivity index (χ4n) is 10.2. The Morgan fingerprint density at radius 2 is 1.12 bits per heavy atom. The molecular formula is C49H60F4N12O8S2. The number of fused-ring (bicyclic) bond motifs is 3. The molecule has 1 saturated heterocycles. The molecule has 75 heavy (non-hydrogen) atoms. The Labute approximate surface area is 437 Å². The second kappa shape index (κ2) is 22.6. The van der Waals surface area contributed by atoms with Crippen LogP contribution in [-0.4, -0.2) is 163 Å². The number of ether oxygens (including phenoxy) is 4. The van der Waals surface area contributed by atoms with E-state index in [1.807, 2.05) is 13.8 Å². The van der Waals surface area contributed by atoms with E-state index >= 15 is 0 Å². The second-order valence-corrected chi connectivity index (χ2v) is 21.9. The smallest absolute Gasteiger partial charge is 0.191 e. The van der Waals surface area contributed by atoms with Gasteiger partial charge in [-0.2, -0.15) is 0 Å². The molecule has 26 heteroatoms. The number of thioether (sulfide) groups is 2. The number of nitrogens with one attached hydrogen (secondary N) is 2. The number of rotatable bonds is 20. The third kappa shape index (κ3) is 11.4. The molecule has 5 heterocycles. The molecule has 404 valence electrons. The standard InChI is InChI=1S/C26H32F2N6O4S.C23H28F2N6O4S/c1-4-9-39-25-30-23(29-17-11-14(17)13-5-6-15(27)16(28)10-13)20-24(31-25)34(33-32-20)18-12-19(36-8-7-35)22-21(18)37-26(2,3)38-22;1-2-7-36-23-27-21(26-15-9-12(15)11-3-4-13(24)14(25)8-11)18-22(28-23)31(30-29-18)16-10-17(35-6-5-32)20(34)19(16)33/h5-6,10,14,17-19,21-22,35H,4,7-9,11-12H2,1-3H3,(H,29,30,31);3-4,8,12,15-17,19-20,32-34H,2,5-7,9-10H2,1H3,(H,26,27,28)/t14-,17+,18+,19-,21-,22+;12-,15+,16+,17-,19-,20+/m00/s1. The van der Waals surface area contributed by atoms with Crippen LogP contribution in [0.2, 0.25) is 0 Å². The van der Waals surface area contributed by atoms with Crippen molar-refractivity contribution in [2.45, 2.75) is 155 Å². The number of hydrogen-bond donors (Lipinski definition) is 6. The van der Waals surface area contributed by atoms with Crippen molar-refractivity contribution in [1.82, 2.24) is 49.9 Å². The van der Waals surface area contributed by atoms with Gasteiger partial charge in [-0.15, -0.1) is 10.2 Å². The van der Waals surface area contributed by atoms with Gasteiger partial charge in [-0.25, -0.2) is 46.9 Å². The molecule has 0 amide bonds. The molecule has 0 spiro atoms. The average molecular weight is 1090 g/mol. The largest absolute Gasteiger partial charge is 0.394 e. The summed E-state index contributed by atoms with van der Waals surface area (Å²) in [6.07, 6.45) is 0.335. The molecule has 6 aromatic rings. The van der Waals surface area contributed by atoms with Crippen molar-refractivity contribution < 1.29 is 56.9 Å². The average Bonchev–Trinajstić information content (AvgIpc) is 4.07. The van der Waals surface area contributed by atoms with E-state index in [1.165, 1.54) is 28.6 Å². The van der Waals surface area contributed by atoms with E-state index in [0.29, 0.717) is 56.3 Å². The highest BCUT2D eigenvalue weighted by Gasteiger charge is 2.56. The molecule has 2 aromatic carbocycles. The number of halogens is 4. The van der Waals surface area contributed by atoms with Crippen LogP contribution < -0.4 is 10.6 Å². The Hall–Kier alpha value is -4.90. The van der Waals surface area contributed by atoms with Crippen LogP contribution in [0.15, 0.2) is 46.7 Å². The molecule has 6 N–H and O–H groups in total. The highest BCUT2D eigenvalue weighted by atomic mass is 32.2. The number of anilines is 2. The minimum Gasteiger partial charge on any atom is -0.394 e. The zero-order valence-corrected chi connectivity index (χ0v) is 43.2. The van der Waals surface area contributed by atoms with Gasteiger partial charge in [0.2, 0.25) is 0 Å². The molecule has 4 aromatic heterocycles. The van der Waals surface area contributed by atoms with Gasteiger partial charge < -0.3 is 50.0 Å². The molecule has 0 unspecified atom stereocenters. The zero-order valence-electron chi connectivity index (χ0n) is 41.6. The summed E-state index contributed by atoms with van der Waals surface area (Å²) in [5.41, 5.74) is 3.38. The van der Waals surface area contributed by atoms with Gasteiger partial charge in [0, 0.05) is 48.3 Å². The van der Waals surface area contributed by atoms with Crippen LogP contribution in [0.1, 0.15) is 101 Å². The number of nitrogens with zero attached hydrogens (tertiary/aromatic N) is 10. The van der Waals surface area contributed by atoms with Crippen molar-refractivity contribution in [2.75, 3.05) is 48.6 Å². The van der Waals surface area contributed by atoms with Crippen LogP contribution in [0, 0.1) is 23.3 Å². The molecule has 4 saturated carbocycles. The topological polar surface area (TPSA) is 255 Å². The van der Waals surface area contributed by atoms with Gasteiger partial charge in [-0.05, 0) is 74.9 Å². The summed E-state index contributed by atoms with van der Waals surface area (Å²) in [6, 6.07) is 7.06. The van der Waals surface area contributed by atoms with E-state index in [1.54, 1.807) is 28.6 Å². The van der Waals surface area contributed by atoms with E-state index in [4.69, 9.17) is 34.0 Å². The van der Waals surface area contributed by atoms with Gasteiger partial charge in [0.25, 0.3) is 0 Å². The van der Waals surface area contributed by atoms with E-state index in [2.05, 4.69) is 55.1 Å². The van der Waals surface area contributed by atoms with Crippen molar-refractivity contribution in [2.24, 2.45) is 0 Å². The molecule has 5 aliphatic rings. The van der Waals surface area contributed by atoms with Gasteiger partial charge in [-0.1, -0.05) is 59.9 Å². The summed E-state index contributed by atoms with van der Waals surface area (Å²) < 4.78 is 81.4. The molecule has 0 radical (unpaired) electrons. The lowest BCUT2D eigenvalue weighted by Crippen LogP contribution is -2.33. The van der Waals surface area contributed by atoms with Gasteiger partial charge in [0.15, 0.2) is 73.3 Å². The lowest BCUT2D eigenvalue weighted by Gasteiger charge is -2.23. The predicted molar refractivity (Wildman–Crippen MR) is 267 cm³/mol. The molecular weight excluding hydrogens is 1020 g/mol. The SMILES string of the molecule is CCCSc1nc(N[C@@H]2C[C@H]2c2ccc(F)c(F)c2)c2nnn([C@@H]3C[C@H](OCCO)[C@@H](O)[C@H]3O)c2n1.CCCSc1nc(N[C@@H]2C[C@H]2c2ccc(F)c(F)c2)c2nnn([C@@H]3C[C@H](OCCO)[C@H]4OC(C)(C)O[C@H]43)c2n1. The number of aromatic nitrogens is 10. The summed E-state index contributed by atoms with van der Waals surface area (Å²) in [7, 11) is 0. The van der Waals surface area contributed by atoms with E-state index in [-0.39, 0.29) is 81.1 Å². The predicted octanol–water partition coefficient (Wildman–Crippen LogP) is 5.83. The molecule has 0 bridgehead atoms. The van der Waals surface area contributed by atoms with Crippen LogP contribution in [0.3, 0.4) is 0 Å². The third-order valence-electron chi connectivity index (χ3n) is 13.9. The Balaban J connectivity index is 0.000000172. The number of hydrogen-bond acceptors (Lipinski definition) is 20. The first-order chi connectivity index (χ1) is 36.2. The monoisotopic (exact) mass is 1080 g/mol. The lowest BCUT2D eigenvalue weighted by atomic mass is 10.1. The molecule has 20 nitrogen and oxygen atoms in total. The van der Waals surface area contributed by atoms with Crippen molar-refractivity contribution in [3.8, 4) is 0 Å². The van der Waals surface area contributed by atoms with Gasteiger partial charge >= 0.3 is 0 Å². The van der Waals surface area contributed by atoms with Gasteiger partial charge in [0.05, 0.1) is 50.7 Å². The Bertz CT molecular complexity index is 2980. The fourth-order valence-corrected chi connectivity index (χ4v) is 11.5. The summed E-state index contributed by atoms with van der Waals surface area (Å²) >= 11 is 3.03. The maximum atomic E-state index is 13.8. The van der Waals surface area contributed by atoms with Crippen LogP contribution >= 0.6 is 23.5 Å². The Morgan fingerprint density at radius 1 is 0.640 bits per heavy atom. The van der Waals surface area contributed by atoms with Gasteiger partial charge in [0.1, 0.15) is 24.4 Å². The first-order valence-electron chi connectivity index (χ1n) is 25.3. The third-order valence-corrected chi connectivity index (χ3v) is 16.0. The normalized spacial score (nSPS) is 28.4. The van der Waals surface area contributed by atoms with Crippen molar-refractivity contribution in [1.29, 1.82) is 0 Å². The maximum Gasteiger partial charge on any atom is 0.191 e. The summed E-state index contributed by atoms with van der Waals surface area (Å²) in [5, 5.41) is 64.8. The second-order valence-electron chi connectivity index (χ2n) is 19.8. The van der Waals surface area contributed by atoms with Crippen LogP contribution in [0.5, 0.6) is 0 Å². The first kappa shape index (κ1) is 53.5. The molecule has 12 atom stereocenters. The van der Waals surface area contributed by atoms with Crippen molar-refractivity contribution >= 4 is 57.5 Å². The number of aliphatic hydroxyl groups excluding tert-OH is 4. The van der Waals surface area contributed by atoms with E-state index in [0.717, 1.165) is 54.9 Å². The first-order valence-corrected chi connectivity index (χ1v) is 27.3. The Morgan fingerprint density at radius 3 is 1.61 bits per heavy atom. The number of aliphatic hydroxyl groups is 4. The van der Waals surface area contributed by atoms with Crippen molar-refractivity contribution in [3.63, 3.8) is 0 Å². The molecule has 5 fully saturated rings. The fraction of sp³-hybridized carbons (Fsp3) is 0.592. The zero-order chi connectivity index (χ0) is 52.7. The molecule has 4 aliphatic carbocycles. The van der Waals surface area contributed by atoms with Crippen molar-refractivity contribution in [3.05, 3.63) is 70.8 Å². The minimum atomic E-state index is -1.15. The summed E-state index contributed by atoms with van der Waals surface area (Å²) in [4.78, 5) is 18.8. The van der Waals surface area contributed by atoms with E-state index in [9.17, 15) is 32.9 Å². The lowest BCUT2D eigenvalue weighted by molar-refractivity contribution is -0.171. The molecule has 11 rings (SSSR count). The summed E-state index contributed by atoms with van der Waals surface area (Å²) in [6.45, 7) is 7.87. The van der Waals surface area contributed by atoms with Crippen LogP contribution in [0.4, 0.5) is 29.2 Å². The minimum absolute atomic E-state index is 0.00150. The maximum absolute atomic E-state index is 13.8. The van der Waals surface area contributed by atoms with Gasteiger partial charge in [-0.3, -0.25) is 0 Å². The Kier molecular flexibility index (Phi) is 16.1. The number of benzene rings is 2. The quantitative estimate of drug-likeness (QED) is 0.0299. The highest BCUT2D eigenvalue weighted by molar-refractivity contribution is 7.99.